The molecule has 104 valence electrons. The smallest absolute Gasteiger partial charge is 0.227 e. The van der Waals surface area contributed by atoms with Gasteiger partial charge >= 0.3 is 0 Å². The Balaban J connectivity index is 1.86. The minimum Gasteiger partial charge on any atom is -0.497 e. The summed E-state index contributed by atoms with van der Waals surface area (Å²) in [6, 6.07) is 17.3. The summed E-state index contributed by atoms with van der Waals surface area (Å²) in [5.41, 5.74) is 0.736. The summed E-state index contributed by atoms with van der Waals surface area (Å²) in [7, 11) is 1.66. The lowest BCUT2D eigenvalue weighted by molar-refractivity contribution is -0.681. The van der Waals surface area contributed by atoms with E-state index < -0.39 is 0 Å². The molecule has 0 spiro atoms. The molecule has 0 fully saturated rings. The Morgan fingerprint density at radius 1 is 1.05 bits per heavy atom. The van der Waals surface area contributed by atoms with Gasteiger partial charge in [-0.05, 0) is 23.6 Å². The molecule has 0 saturated carbocycles. The van der Waals surface area contributed by atoms with E-state index in [1.54, 1.807) is 7.11 Å². The van der Waals surface area contributed by atoms with Gasteiger partial charge in [0.1, 0.15) is 5.75 Å². The Morgan fingerprint density at radius 3 is 2.62 bits per heavy atom. The van der Waals surface area contributed by atoms with Crippen molar-refractivity contribution in [2.45, 2.75) is 6.54 Å². The Morgan fingerprint density at radius 2 is 1.86 bits per heavy atom. The number of ketones is 1. The van der Waals surface area contributed by atoms with E-state index in [-0.39, 0.29) is 5.78 Å². The Kier molecular flexibility index (Phi) is 3.65. The van der Waals surface area contributed by atoms with Crippen molar-refractivity contribution in [3.05, 3.63) is 72.6 Å². The number of hydrogen-bond donors (Lipinski definition) is 0. The van der Waals surface area contributed by atoms with Crippen LogP contribution in [0, 0.1) is 0 Å². The zero-order chi connectivity index (χ0) is 14.7. The SMILES string of the molecule is COc1ccc2c[n+](CC(=O)c3ccccc3)ccc2c1. The molecular formula is C18H16NO2+. The van der Waals surface area contributed by atoms with Crippen LogP contribution < -0.4 is 9.30 Å². The monoisotopic (exact) mass is 278 g/mol. The van der Waals surface area contributed by atoms with Gasteiger partial charge in [0.15, 0.2) is 12.4 Å². The first kappa shape index (κ1) is 13.3. The molecule has 0 aliphatic rings. The number of methoxy groups -OCH3 is 1. The lowest BCUT2D eigenvalue weighted by Crippen LogP contribution is -2.37. The number of carbonyl (C=O) groups excluding carboxylic acids is 1. The minimum atomic E-state index is 0.105. The van der Waals surface area contributed by atoms with Crippen LogP contribution in [0.25, 0.3) is 10.8 Å². The van der Waals surface area contributed by atoms with Crippen LogP contribution in [-0.2, 0) is 6.54 Å². The third kappa shape index (κ3) is 2.92. The van der Waals surface area contributed by atoms with Crippen molar-refractivity contribution in [3.63, 3.8) is 0 Å². The molecule has 1 aromatic heterocycles. The summed E-state index contributed by atoms with van der Waals surface area (Å²) in [6.45, 7) is 0.339. The maximum atomic E-state index is 12.2. The molecular weight excluding hydrogens is 262 g/mol. The molecule has 3 rings (SSSR count). The van der Waals surface area contributed by atoms with Crippen molar-refractivity contribution in [2.75, 3.05) is 7.11 Å². The van der Waals surface area contributed by atoms with Gasteiger partial charge in [0.05, 0.1) is 7.11 Å². The highest BCUT2D eigenvalue weighted by Crippen LogP contribution is 2.18. The summed E-state index contributed by atoms with van der Waals surface area (Å²) in [4.78, 5) is 12.2. The third-order valence-corrected chi connectivity index (χ3v) is 3.47. The van der Waals surface area contributed by atoms with Gasteiger partial charge in [0.2, 0.25) is 12.3 Å². The van der Waals surface area contributed by atoms with Gasteiger partial charge < -0.3 is 4.74 Å². The number of nitrogens with zero attached hydrogens (tertiary/aromatic N) is 1. The Hall–Kier alpha value is -2.68. The minimum absolute atomic E-state index is 0.105. The van der Waals surface area contributed by atoms with E-state index in [1.165, 1.54) is 0 Å². The second-order valence-electron chi connectivity index (χ2n) is 4.90. The predicted octanol–water partition coefficient (Wildman–Crippen LogP) is 3.02. The third-order valence-electron chi connectivity index (χ3n) is 3.47. The van der Waals surface area contributed by atoms with Crippen LogP contribution in [0.5, 0.6) is 5.75 Å². The number of pyridine rings is 1. The summed E-state index contributed by atoms with van der Waals surface area (Å²) < 4.78 is 7.12. The van der Waals surface area contributed by atoms with Crippen molar-refractivity contribution in [1.82, 2.24) is 0 Å². The molecule has 0 N–H and O–H groups in total. The highest BCUT2D eigenvalue weighted by Gasteiger charge is 2.12. The standard InChI is InChI=1S/C18H16NO2/c1-21-17-8-7-16-12-19(10-9-15(16)11-17)13-18(20)14-5-3-2-4-6-14/h2-12H,13H2,1H3/q+1. The Labute approximate surface area is 123 Å². The summed E-state index contributed by atoms with van der Waals surface area (Å²) in [5.74, 6) is 0.939. The fourth-order valence-corrected chi connectivity index (χ4v) is 2.32. The first-order chi connectivity index (χ1) is 10.3. The molecule has 0 radical (unpaired) electrons. The second-order valence-corrected chi connectivity index (χ2v) is 4.90. The summed E-state index contributed by atoms with van der Waals surface area (Å²) >= 11 is 0. The molecule has 0 amide bonds. The number of rotatable bonds is 4. The highest BCUT2D eigenvalue weighted by atomic mass is 16.5. The molecule has 1 heterocycles. The zero-order valence-corrected chi connectivity index (χ0v) is 11.8. The average molecular weight is 278 g/mol. The van der Waals surface area contributed by atoms with Crippen LogP contribution in [-0.4, -0.2) is 12.9 Å². The summed E-state index contributed by atoms with van der Waals surface area (Å²) in [6.07, 6.45) is 3.90. The lowest BCUT2D eigenvalue weighted by Gasteiger charge is -2.02. The maximum absolute atomic E-state index is 12.2. The molecule has 0 aliphatic heterocycles. The number of ether oxygens (including phenoxy) is 1. The molecule has 0 unspecified atom stereocenters. The quantitative estimate of drug-likeness (QED) is 0.542. The van der Waals surface area contributed by atoms with Crippen LogP contribution in [0.3, 0.4) is 0 Å². The number of Topliss-reactive ketones (excluding diaryl/α,β-unsaturated/α-hetero) is 1. The van der Waals surface area contributed by atoms with Gasteiger partial charge in [-0.2, -0.15) is 4.57 Å². The van der Waals surface area contributed by atoms with Crippen LogP contribution >= 0.6 is 0 Å². The van der Waals surface area contributed by atoms with Crippen molar-refractivity contribution >= 4 is 16.6 Å². The van der Waals surface area contributed by atoms with Gasteiger partial charge in [0.25, 0.3) is 0 Å². The average Bonchev–Trinajstić information content (AvgIpc) is 2.55. The van der Waals surface area contributed by atoms with E-state index in [2.05, 4.69) is 0 Å². The predicted molar refractivity (Wildman–Crippen MR) is 81.5 cm³/mol. The molecule has 3 nitrogen and oxygen atoms in total. The molecule has 3 aromatic rings. The van der Waals surface area contributed by atoms with E-state index in [1.807, 2.05) is 71.6 Å². The Bertz CT molecular complexity index is 782. The topological polar surface area (TPSA) is 30.2 Å². The first-order valence-electron chi connectivity index (χ1n) is 6.81. The van der Waals surface area contributed by atoms with Crippen LogP contribution in [0.1, 0.15) is 10.4 Å². The number of aromatic nitrogens is 1. The second kappa shape index (κ2) is 5.75. The van der Waals surface area contributed by atoms with Crippen LogP contribution in [0.15, 0.2) is 67.0 Å². The van der Waals surface area contributed by atoms with E-state index in [0.29, 0.717) is 6.54 Å². The highest BCUT2D eigenvalue weighted by molar-refractivity contribution is 5.95. The van der Waals surface area contributed by atoms with E-state index in [4.69, 9.17) is 4.74 Å². The van der Waals surface area contributed by atoms with E-state index in [0.717, 1.165) is 22.1 Å². The molecule has 2 aromatic carbocycles. The van der Waals surface area contributed by atoms with Gasteiger partial charge in [-0.3, -0.25) is 4.79 Å². The number of fused-ring (bicyclic) bond motifs is 1. The van der Waals surface area contributed by atoms with Gasteiger partial charge in [-0.1, -0.05) is 30.3 Å². The molecule has 3 heteroatoms. The van der Waals surface area contributed by atoms with Gasteiger partial charge in [-0.25, -0.2) is 0 Å². The maximum Gasteiger partial charge on any atom is 0.227 e. The van der Waals surface area contributed by atoms with E-state index in [9.17, 15) is 4.79 Å². The van der Waals surface area contributed by atoms with Crippen LogP contribution in [0.2, 0.25) is 0 Å². The fourth-order valence-electron chi connectivity index (χ4n) is 2.32. The zero-order valence-electron chi connectivity index (χ0n) is 11.8. The summed E-state index contributed by atoms with van der Waals surface area (Å²) in [5, 5.41) is 2.18. The number of hydrogen-bond acceptors (Lipinski definition) is 2. The number of benzene rings is 2. The van der Waals surface area contributed by atoms with Crippen molar-refractivity contribution < 1.29 is 14.1 Å². The molecule has 21 heavy (non-hydrogen) atoms. The lowest BCUT2D eigenvalue weighted by atomic mass is 10.1. The fraction of sp³-hybridized carbons (Fsp3) is 0.111. The molecule has 0 bridgehead atoms. The normalized spacial score (nSPS) is 10.5. The van der Waals surface area contributed by atoms with Gasteiger partial charge in [0, 0.05) is 17.0 Å². The van der Waals surface area contributed by atoms with E-state index >= 15 is 0 Å². The van der Waals surface area contributed by atoms with Crippen molar-refractivity contribution in [1.29, 1.82) is 0 Å². The molecule has 0 atom stereocenters. The molecule has 0 aliphatic carbocycles. The van der Waals surface area contributed by atoms with Crippen molar-refractivity contribution in [3.8, 4) is 5.75 Å². The molecule has 0 saturated heterocycles. The number of carbonyl (C=O) groups is 1. The largest absolute Gasteiger partial charge is 0.497 e. The first-order valence-corrected chi connectivity index (χ1v) is 6.81. The van der Waals surface area contributed by atoms with Crippen LogP contribution in [0.4, 0.5) is 0 Å². The van der Waals surface area contributed by atoms with Gasteiger partial charge in [-0.15, -0.1) is 0 Å². The van der Waals surface area contributed by atoms with Crippen molar-refractivity contribution in [2.24, 2.45) is 0 Å².